The second-order valence-corrected chi connectivity index (χ2v) is 4.81. The number of nitrogens with one attached hydrogen (secondary N) is 1. The number of carbonyl (C=O) groups is 1. The Morgan fingerprint density at radius 3 is 2.95 bits per heavy atom. The first-order chi connectivity index (χ1) is 9.63. The van der Waals surface area contributed by atoms with Crippen molar-refractivity contribution in [3.05, 3.63) is 51.9 Å². The highest BCUT2D eigenvalue weighted by molar-refractivity contribution is 9.10. The van der Waals surface area contributed by atoms with Gasteiger partial charge in [0.2, 0.25) is 0 Å². The minimum Gasteiger partial charge on any atom is -0.467 e. The van der Waals surface area contributed by atoms with Gasteiger partial charge in [-0.05, 0) is 40.2 Å². The third-order valence-corrected chi connectivity index (χ3v) is 3.28. The van der Waals surface area contributed by atoms with E-state index in [2.05, 4.69) is 32.1 Å². The van der Waals surface area contributed by atoms with Crippen LogP contribution in [0.2, 0.25) is 0 Å². The normalized spacial score (nSPS) is 9.85. The van der Waals surface area contributed by atoms with Crippen molar-refractivity contribution in [2.75, 3.05) is 12.4 Å². The summed E-state index contributed by atoms with van der Waals surface area (Å²) in [7, 11) is 1.32. The van der Waals surface area contributed by atoms with Gasteiger partial charge in [-0.2, -0.15) is 5.26 Å². The molecular weight excluding hydrogens is 324 g/mol. The molecule has 1 heterocycles. The molecule has 0 aliphatic carbocycles. The molecule has 20 heavy (non-hydrogen) atoms. The molecule has 0 aliphatic heterocycles. The number of esters is 1. The zero-order valence-corrected chi connectivity index (χ0v) is 12.2. The molecule has 0 spiro atoms. The topological polar surface area (TPSA) is 75.3 Å². The third kappa shape index (κ3) is 3.19. The van der Waals surface area contributed by atoms with Crippen molar-refractivity contribution in [3.63, 3.8) is 0 Å². The summed E-state index contributed by atoms with van der Waals surface area (Å²) in [6.45, 7) is 0.418. The number of carbonyl (C=O) groups excluding carboxylic acids is 1. The SMILES string of the molecule is COC(=O)c1coc(CNc2ccc(C#N)cc2Br)c1. The van der Waals surface area contributed by atoms with Crippen molar-refractivity contribution in [1.82, 2.24) is 0 Å². The zero-order valence-electron chi connectivity index (χ0n) is 10.6. The smallest absolute Gasteiger partial charge is 0.341 e. The van der Waals surface area contributed by atoms with Crippen molar-refractivity contribution in [2.24, 2.45) is 0 Å². The lowest BCUT2D eigenvalue weighted by atomic mass is 10.2. The van der Waals surface area contributed by atoms with Crippen LogP contribution in [0.15, 0.2) is 39.4 Å². The molecule has 1 N–H and O–H groups in total. The Kier molecular flexibility index (Phi) is 4.43. The molecule has 1 aromatic heterocycles. The Morgan fingerprint density at radius 1 is 1.50 bits per heavy atom. The van der Waals surface area contributed by atoms with Gasteiger partial charge in [0, 0.05) is 10.2 Å². The fourth-order valence-electron chi connectivity index (χ4n) is 1.61. The first-order valence-corrected chi connectivity index (χ1v) is 6.52. The summed E-state index contributed by atoms with van der Waals surface area (Å²) in [5.74, 6) is 0.182. The van der Waals surface area contributed by atoms with Crippen molar-refractivity contribution in [3.8, 4) is 6.07 Å². The number of anilines is 1. The largest absolute Gasteiger partial charge is 0.467 e. The van der Waals surface area contributed by atoms with Gasteiger partial charge in [0.05, 0.1) is 30.9 Å². The lowest BCUT2D eigenvalue weighted by Gasteiger charge is -2.06. The molecule has 0 fully saturated rings. The molecule has 0 bridgehead atoms. The van der Waals surface area contributed by atoms with Crippen LogP contribution in [0.1, 0.15) is 21.7 Å². The Balaban J connectivity index is 2.04. The van der Waals surface area contributed by atoms with E-state index in [1.54, 1.807) is 24.3 Å². The van der Waals surface area contributed by atoms with Crippen molar-refractivity contribution < 1.29 is 13.9 Å². The van der Waals surface area contributed by atoms with E-state index in [1.165, 1.54) is 13.4 Å². The summed E-state index contributed by atoms with van der Waals surface area (Å²) in [5.41, 5.74) is 1.79. The highest BCUT2D eigenvalue weighted by Gasteiger charge is 2.10. The number of benzene rings is 1. The van der Waals surface area contributed by atoms with Crippen LogP contribution < -0.4 is 5.32 Å². The predicted molar refractivity (Wildman–Crippen MR) is 76.2 cm³/mol. The van der Waals surface area contributed by atoms with Crippen LogP contribution in [0.4, 0.5) is 5.69 Å². The Hall–Kier alpha value is -2.26. The van der Waals surface area contributed by atoms with E-state index in [1.807, 2.05) is 0 Å². The van der Waals surface area contributed by atoms with Crippen LogP contribution >= 0.6 is 15.9 Å². The van der Waals surface area contributed by atoms with E-state index in [9.17, 15) is 4.79 Å². The Labute approximate surface area is 124 Å². The summed E-state index contributed by atoms with van der Waals surface area (Å²) < 4.78 is 10.7. The fraction of sp³-hybridized carbons (Fsp3) is 0.143. The van der Waals surface area contributed by atoms with Crippen molar-refractivity contribution in [2.45, 2.75) is 6.54 Å². The highest BCUT2D eigenvalue weighted by Crippen LogP contribution is 2.24. The molecule has 0 radical (unpaired) electrons. The minimum absolute atomic E-state index is 0.378. The van der Waals surface area contributed by atoms with Crippen LogP contribution in [-0.2, 0) is 11.3 Å². The maximum absolute atomic E-state index is 11.3. The van der Waals surface area contributed by atoms with Gasteiger partial charge in [-0.3, -0.25) is 0 Å². The molecule has 6 heteroatoms. The quantitative estimate of drug-likeness (QED) is 0.868. The zero-order chi connectivity index (χ0) is 14.5. The molecule has 0 unspecified atom stereocenters. The van der Waals surface area contributed by atoms with Gasteiger partial charge in [-0.25, -0.2) is 4.79 Å². The van der Waals surface area contributed by atoms with Gasteiger partial charge in [0.15, 0.2) is 0 Å². The molecule has 102 valence electrons. The summed E-state index contributed by atoms with van der Waals surface area (Å²) in [6.07, 6.45) is 1.36. The fourth-order valence-corrected chi connectivity index (χ4v) is 2.13. The average Bonchev–Trinajstić information content (AvgIpc) is 2.94. The monoisotopic (exact) mass is 334 g/mol. The highest BCUT2D eigenvalue weighted by atomic mass is 79.9. The first-order valence-electron chi connectivity index (χ1n) is 5.73. The van der Waals surface area contributed by atoms with Crippen LogP contribution in [0.3, 0.4) is 0 Å². The van der Waals surface area contributed by atoms with Gasteiger partial charge in [-0.1, -0.05) is 0 Å². The van der Waals surface area contributed by atoms with Gasteiger partial charge >= 0.3 is 5.97 Å². The number of rotatable bonds is 4. The van der Waals surface area contributed by atoms with E-state index in [-0.39, 0.29) is 0 Å². The van der Waals surface area contributed by atoms with E-state index in [0.29, 0.717) is 23.4 Å². The molecule has 0 aliphatic rings. The Morgan fingerprint density at radius 2 is 2.30 bits per heavy atom. The molecule has 1 aromatic carbocycles. The van der Waals surface area contributed by atoms with Crippen LogP contribution in [0.5, 0.6) is 0 Å². The maximum Gasteiger partial charge on any atom is 0.341 e. The molecule has 0 atom stereocenters. The first kappa shape index (κ1) is 14.2. The molecule has 2 aromatic rings. The van der Waals surface area contributed by atoms with Crippen LogP contribution in [0.25, 0.3) is 0 Å². The number of hydrogen-bond acceptors (Lipinski definition) is 5. The maximum atomic E-state index is 11.3. The Bertz CT molecular complexity index is 673. The van der Waals surface area contributed by atoms with Gasteiger partial charge in [0.1, 0.15) is 12.0 Å². The molecular formula is C14H11BrN2O3. The average molecular weight is 335 g/mol. The van der Waals surface area contributed by atoms with Gasteiger partial charge in [-0.15, -0.1) is 0 Å². The minimum atomic E-state index is -0.431. The number of furan rings is 1. The van der Waals surface area contributed by atoms with Crippen molar-refractivity contribution in [1.29, 1.82) is 5.26 Å². The van der Waals surface area contributed by atoms with Gasteiger partial charge in [0.25, 0.3) is 0 Å². The molecule has 0 saturated heterocycles. The summed E-state index contributed by atoms with van der Waals surface area (Å²) >= 11 is 3.38. The third-order valence-electron chi connectivity index (χ3n) is 2.63. The lowest BCUT2D eigenvalue weighted by molar-refractivity contribution is 0.0600. The summed E-state index contributed by atoms with van der Waals surface area (Å²) in [6, 6.07) is 8.93. The molecule has 5 nitrogen and oxygen atoms in total. The van der Waals surface area contributed by atoms with E-state index in [4.69, 9.17) is 9.68 Å². The van der Waals surface area contributed by atoms with Crippen LogP contribution in [0, 0.1) is 11.3 Å². The molecule has 0 saturated carbocycles. The number of nitrogens with zero attached hydrogens (tertiary/aromatic N) is 1. The van der Waals surface area contributed by atoms with Crippen molar-refractivity contribution >= 4 is 27.6 Å². The number of methoxy groups -OCH3 is 1. The molecule has 2 rings (SSSR count). The van der Waals surface area contributed by atoms with Gasteiger partial charge < -0.3 is 14.5 Å². The van der Waals surface area contributed by atoms with E-state index >= 15 is 0 Å². The van der Waals surface area contributed by atoms with E-state index in [0.717, 1.165) is 10.2 Å². The second-order valence-electron chi connectivity index (χ2n) is 3.95. The number of nitriles is 1. The molecule has 0 amide bonds. The second kappa shape index (κ2) is 6.26. The summed E-state index contributed by atoms with van der Waals surface area (Å²) in [5, 5.41) is 11.9. The van der Waals surface area contributed by atoms with Crippen LogP contribution in [-0.4, -0.2) is 13.1 Å². The lowest BCUT2D eigenvalue weighted by Crippen LogP contribution is -2.00. The predicted octanol–water partition coefficient (Wildman–Crippen LogP) is 3.31. The number of hydrogen-bond donors (Lipinski definition) is 1. The van der Waals surface area contributed by atoms with E-state index < -0.39 is 5.97 Å². The number of halogens is 1. The summed E-state index contributed by atoms with van der Waals surface area (Å²) in [4.78, 5) is 11.3. The standard InChI is InChI=1S/C14H11BrN2O3/c1-19-14(18)10-5-11(20-8-10)7-17-13-3-2-9(6-16)4-12(13)15/h2-5,8,17H,7H2,1H3. The number of ether oxygens (including phenoxy) is 1.